The quantitative estimate of drug-likeness (QED) is 0.578. The number of aliphatic carboxylic acids is 1. The average molecular weight is 495 g/mol. The fourth-order valence-corrected chi connectivity index (χ4v) is 5.11. The predicted molar refractivity (Wildman–Crippen MR) is 134 cm³/mol. The van der Waals surface area contributed by atoms with Crippen LogP contribution < -0.4 is 10.2 Å². The Labute approximate surface area is 211 Å². The minimum atomic E-state index is -1.18. The molecule has 0 radical (unpaired) electrons. The lowest BCUT2D eigenvalue weighted by atomic mass is 9.71. The van der Waals surface area contributed by atoms with Gasteiger partial charge in [0.25, 0.3) is 0 Å². The molecule has 1 aromatic carbocycles. The van der Waals surface area contributed by atoms with Crippen molar-refractivity contribution in [3.8, 4) is 0 Å². The third kappa shape index (κ3) is 6.74. The molecule has 0 saturated carbocycles. The summed E-state index contributed by atoms with van der Waals surface area (Å²) in [5, 5.41) is 11.9. The summed E-state index contributed by atoms with van der Waals surface area (Å²) in [5.41, 5.74) is 2.28. The number of benzene rings is 1. The van der Waals surface area contributed by atoms with E-state index in [-0.39, 0.29) is 30.8 Å². The highest BCUT2D eigenvalue weighted by molar-refractivity contribution is 5.81. The van der Waals surface area contributed by atoms with Crippen molar-refractivity contribution in [3.05, 3.63) is 60.4 Å². The van der Waals surface area contributed by atoms with Gasteiger partial charge in [-0.15, -0.1) is 0 Å². The number of aromatic nitrogens is 1. The molecule has 1 atom stereocenters. The minimum Gasteiger partial charge on any atom is -0.480 e. The molecule has 2 amide bonds. The van der Waals surface area contributed by atoms with Crippen LogP contribution in [0.2, 0.25) is 0 Å². The van der Waals surface area contributed by atoms with Crippen molar-refractivity contribution in [2.45, 2.75) is 51.2 Å². The van der Waals surface area contributed by atoms with Gasteiger partial charge in [-0.3, -0.25) is 9.78 Å². The molecule has 2 N–H and O–H groups in total. The standard InChI is InChI=1S/C27H34N4O5/c32-24(7-6-23(25(33)34)29-26(35)36-20-21-4-2-1-3-5-21)31-18-12-27(13-19-31)10-16-30(17-11-27)22-8-14-28-15-9-22/h1-5,8-9,14-15,23H,6-7,10-13,16-20H2,(H,29,35)(H,33,34)/t23-/m0/s1. The van der Waals surface area contributed by atoms with E-state index < -0.39 is 18.1 Å². The second-order valence-corrected chi connectivity index (χ2v) is 9.71. The summed E-state index contributed by atoms with van der Waals surface area (Å²) in [5.74, 6) is -1.25. The van der Waals surface area contributed by atoms with Crippen molar-refractivity contribution in [3.63, 3.8) is 0 Å². The molecule has 0 bridgehead atoms. The number of amides is 2. The molecule has 9 nitrogen and oxygen atoms in total. The van der Waals surface area contributed by atoms with Gasteiger partial charge in [0.05, 0.1) is 0 Å². The predicted octanol–water partition coefficient (Wildman–Crippen LogP) is 3.45. The van der Waals surface area contributed by atoms with Crippen molar-refractivity contribution < 1.29 is 24.2 Å². The van der Waals surface area contributed by atoms with Crippen LogP contribution in [0.25, 0.3) is 0 Å². The first-order chi connectivity index (χ1) is 17.4. The highest BCUT2D eigenvalue weighted by Gasteiger charge is 2.38. The number of carboxylic acids is 1. The molecule has 9 heteroatoms. The number of anilines is 1. The smallest absolute Gasteiger partial charge is 0.408 e. The molecule has 0 aliphatic carbocycles. The normalized spacial score (nSPS) is 17.9. The van der Waals surface area contributed by atoms with Gasteiger partial charge in [-0.1, -0.05) is 30.3 Å². The number of carbonyl (C=O) groups is 3. The average Bonchev–Trinajstić information content (AvgIpc) is 2.91. The number of hydrogen-bond acceptors (Lipinski definition) is 6. The Morgan fingerprint density at radius 2 is 1.61 bits per heavy atom. The van der Waals surface area contributed by atoms with Gasteiger partial charge < -0.3 is 25.0 Å². The number of hydrogen-bond donors (Lipinski definition) is 2. The SMILES string of the molecule is O=C(N[C@@H](CCC(=O)N1CCC2(CC1)CCN(c1ccncc1)CC2)C(=O)O)OCc1ccccc1. The van der Waals surface area contributed by atoms with Crippen molar-refractivity contribution in [2.24, 2.45) is 5.41 Å². The van der Waals surface area contributed by atoms with Crippen molar-refractivity contribution in [1.82, 2.24) is 15.2 Å². The molecule has 0 unspecified atom stereocenters. The Kier molecular flexibility index (Phi) is 8.40. The number of pyridine rings is 1. The second kappa shape index (κ2) is 11.9. The van der Waals surface area contributed by atoms with Gasteiger partial charge in [-0.25, -0.2) is 9.59 Å². The Morgan fingerprint density at radius 1 is 0.972 bits per heavy atom. The zero-order valence-corrected chi connectivity index (χ0v) is 20.5. The van der Waals surface area contributed by atoms with Gasteiger partial charge in [0, 0.05) is 50.7 Å². The van der Waals surface area contributed by atoms with Crippen LogP contribution in [0.5, 0.6) is 0 Å². The lowest BCUT2D eigenvalue weighted by Gasteiger charge is -2.47. The van der Waals surface area contributed by atoms with Crippen LogP contribution in [-0.4, -0.2) is 65.2 Å². The maximum atomic E-state index is 12.8. The molecule has 36 heavy (non-hydrogen) atoms. The third-order valence-corrected chi connectivity index (χ3v) is 7.48. The third-order valence-electron chi connectivity index (χ3n) is 7.48. The van der Waals surface area contributed by atoms with Crippen molar-refractivity contribution in [2.75, 3.05) is 31.1 Å². The summed E-state index contributed by atoms with van der Waals surface area (Å²) >= 11 is 0. The minimum absolute atomic E-state index is 0.0249. The molecular weight excluding hydrogens is 460 g/mol. The molecule has 4 rings (SSSR count). The molecule has 2 saturated heterocycles. The fraction of sp³-hybridized carbons (Fsp3) is 0.481. The molecular formula is C27H34N4O5. The molecule has 2 fully saturated rings. The molecule has 2 aliphatic rings. The zero-order chi connectivity index (χ0) is 25.4. The Bertz CT molecular complexity index is 1010. The summed E-state index contributed by atoms with van der Waals surface area (Å²) in [4.78, 5) is 44.8. The highest BCUT2D eigenvalue weighted by Crippen LogP contribution is 2.42. The van der Waals surface area contributed by atoms with E-state index in [0.717, 1.165) is 44.3 Å². The highest BCUT2D eigenvalue weighted by atomic mass is 16.5. The fourth-order valence-electron chi connectivity index (χ4n) is 5.11. The Hall–Kier alpha value is -3.62. The topological polar surface area (TPSA) is 112 Å². The number of rotatable bonds is 8. The first-order valence-corrected chi connectivity index (χ1v) is 12.6. The van der Waals surface area contributed by atoms with Gasteiger partial charge in [0.2, 0.25) is 5.91 Å². The van der Waals surface area contributed by atoms with E-state index >= 15 is 0 Å². The molecule has 2 aromatic rings. The number of carbonyl (C=O) groups excluding carboxylic acids is 2. The number of carboxylic acid groups (broad SMARTS) is 1. The number of nitrogens with zero attached hydrogens (tertiary/aromatic N) is 3. The Balaban J connectivity index is 1.19. The van der Waals surface area contributed by atoms with E-state index in [0.29, 0.717) is 13.1 Å². The van der Waals surface area contributed by atoms with E-state index in [1.165, 1.54) is 5.69 Å². The monoisotopic (exact) mass is 494 g/mol. The van der Waals surface area contributed by atoms with Crippen LogP contribution in [0.1, 0.15) is 44.1 Å². The number of alkyl carbamates (subject to hydrolysis) is 1. The van der Waals surface area contributed by atoms with Crippen LogP contribution in [0.3, 0.4) is 0 Å². The van der Waals surface area contributed by atoms with Gasteiger partial charge >= 0.3 is 12.1 Å². The van der Waals surface area contributed by atoms with Crippen LogP contribution >= 0.6 is 0 Å². The summed E-state index contributed by atoms with van der Waals surface area (Å²) in [6, 6.07) is 12.1. The summed E-state index contributed by atoms with van der Waals surface area (Å²) in [6.07, 6.45) is 7.07. The van der Waals surface area contributed by atoms with E-state index in [2.05, 4.69) is 15.2 Å². The first kappa shape index (κ1) is 25.5. The molecule has 192 valence electrons. The first-order valence-electron chi connectivity index (χ1n) is 12.6. The van der Waals surface area contributed by atoms with E-state index in [4.69, 9.17) is 4.74 Å². The van der Waals surface area contributed by atoms with Crippen LogP contribution in [0, 0.1) is 5.41 Å². The van der Waals surface area contributed by atoms with Crippen molar-refractivity contribution >= 4 is 23.7 Å². The van der Waals surface area contributed by atoms with Crippen molar-refractivity contribution in [1.29, 1.82) is 0 Å². The Morgan fingerprint density at radius 3 is 2.25 bits per heavy atom. The molecule has 3 heterocycles. The largest absolute Gasteiger partial charge is 0.480 e. The summed E-state index contributed by atoms with van der Waals surface area (Å²) < 4.78 is 5.12. The number of ether oxygens (including phenoxy) is 1. The van der Waals surface area contributed by atoms with E-state index in [1.54, 1.807) is 0 Å². The second-order valence-electron chi connectivity index (χ2n) is 9.71. The number of nitrogens with one attached hydrogen (secondary N) is 1. The molecule has 1 spiro atoms. The van der Waals surface area contributed by atoms with Crippen LogP contribution in [-0.2, 0) is 20.9 Å². The molecule has 2 aliphatic heterocycles. The van der Waals surface area contributed by atoms with Gasteiger partial charge in [-0.05, 0) is 55.2 Å². The van der Waals surface area contributed by atoms with E-state index in [9.17, 15) is 19.5 Å². The maximum absolute atomic E-state index is 12.8. The molecule has 1 aromatic heterocycles. The van der Waals surface area contributed by atoms with Gasteiger partial charge in [-0.2, -0.15) is 0 Å². The zero-order valence-electron chi connectivity index (χ0n) is 20.5. The summed E-state index contributed by atoms with van der Waals surface area (Å²) in [7, 11) is 0. The van der Waals surface area contributed by atoms with Gasteiger partial charge in [0.15, 0.2) is 0 Å². The van der Waals surface area contributed by atoms with Crippen LogP contribution in [0.15, 0.2) is 54.9 Å². The maximum Gasteiger partial charge on any atom is 0.408 e. The summed E-state index contributed by atoms with van der Waals surface area (Å²) in [6.45, 7) is 3.44. The van der Waals surface area contributed by atoms with E-state index in [1.807, 2.05) is 59.8 Å². The lowest BCUT2D eigenvalue weighted by Crippen LogP contribution is -2.48. The van der Waals surface area contributed by atoms with Gasteiger partial charge in [0.1, 0.15) is 12.6 Å². The number of likely N-dealkylation sites (tertiary alicyclic amines) is 1. The number of piperidine rings is 2. The lowest BCUT2D eigenvalue weighted by molar-refractivity contribution is -0.140. The van der Waals surface area contributed by atoms with Crippen LogP contribution in [0.4, 0.5) is 10.5 Å².